The second-order valence-corrected chi connectivity index (χ2v) is 6.95. The number of amides is 3. The molecule has 3 amide bonds. The van der Waals surface area contributed by atoms with Gasteiger partial charge in [-0.2, -0.15) is 0 Å². The molecule has 0 aliphatic carbocycles. The zero-order valence-electron chi connectivity index (χ0n) is 14.1. The molecule has 5 nitrogen and oxygen atoms in total. The van der Waals surface area contributed by atoms with E-state index >= 15 is 0 Å². The Morgan fingerprint density at radius 2 is 2.04 bits per heavy atom. The number of carbonyl (C=O) groups is 2. The lowest BCUT2D eigenvalue weighted by molar-refractivity contribution is -0.115. The van der Waals surface area contributed by atoms with Crippen LogP contribution in [0.1, 0.15) is 51.2 Å². The summed E-state index contributed by atoms with van der Waals surface area (Å²) in [5.74, 6) is 0.0743. The predicted molar refractivity (Wildman–Crippen MR) is 91.2 cm³/mol. The topological polar surface area (TPSA) is 61.4 Å². The van der Waals surface area contributed by atoms with Crippen LogP contribution in [0.25, 0.3) is 6.08 Å². The van der Waals surface area contributed by atoms with E-state index < -0.39 is 6.03 Å². The van der Waals surface area contributed by atoms with Crippen molar-refractivity contribution in [1.29, 1.82) is 0 Å². The van der Waals surface area contributed by atoms with E-state index in [0.29, 0.717) is 11.6 Å². The monoisotopic (exact) mass is 313 g/mol. The van der Waals surface area contributed by atoms with Crippen LogP contribution in [0, 0.1) is 0 Å². The number of fused-ring (bicyclic) bond motifs is 1. The number of nitrogens with one attached hydrogen (secondary N) is 2. The molecule has 0 aromatic heterocycles. The van der Waals surface area contributed by atoms with Crippen LogP contribution in [0.5, 0.6) is 0 Å². The Hall–Kier alpha value is -2.30. The Bertz CT molecular complexity index is 706. The van der Waals surface area contributed by atoms with Gasteiger partial charge >= 0.3 is 6.03 Å². The van der Waals surface area contributed by atoms with E-state index in [-0.39, 0.29) is 11.4 Å². The first-order chi connectivity index (χ1) is 10.8. The molecule has 2 aliphatic heterocycles. The van der Waals surface area contributed by atoms with Crippen molar-refractivity contribution < 1.29 is 9.59 Å². The average molecular weight is 313 g/mol. The van der Waals surface area contributed by atoms with E-state index in [1.807, 2.05) is 6.07 Å². The van der Waals surface area contributed by atoms with Gasteiger partial charge in [-0.25, -0.2) is 4.79 Å². The van der Waals surface area contributed by atoms with Gasteiger partial charge in [0.15, 0.2) is 0 Å². The molecule has 0 spiro atoms. The highest BCUT2D eigenvalue weighted by Gasteiger charge is 2.35. The second-order valence-electron chi connectivity index (χ2n) is 6.95. The predicted octanol–water partition coefficient (Wildman–Crippen LogP) is 2.98. The van der Waals surface area contributed by atoms with E-state index in [2.05, 4.69) is 55.4 Å². The molecule has 0 radical (unpaired) electrons. The smallest absolute Gasteiger partial charge is 0.326 e. The van der Waals surface area contributed by atoms with Gasteiger partial charge in [-0.15, -0.1) is 0 Å². The first kappa shape index (κ1) is 15.6. The largest absolute Gasteiger partial charge is 0.366 e. The maximum absolute atomic E-state index is 11.7. The Morgan fingerprint density at radius 3 is 2.65 bits per heavy atom. The van der Waals surface area contributed by atoms with Crippen molar-refractivity contribution in [3.63, 3.8) is 0 Å². The highest BCUT2D eigenvalue weighted by molar-refractivity contribution is 6.14. The molecule has 1 saturated heterocycles. The number of imide groups is 1. The van der Waals surface area contributed by atoms with Crippen LogP contribution in [0.4, 0.5) is 10.5 Å². The molecule has 0 saturated carbocycles. The van der Waals surface area contributed by atoms with Crippen molar-refractivity contribution in [3.05, 3.63) is 35.0 Å². The molecule has 1 fully saturated rings. The van der Waals surface area contributed by atoms with Gasteiger partial charge in [0, 0.05) is 17.8 Å². The van der Waals surface area contributed by atoms with E-state index in [1.165, 1.54) is 11.3 Å². The fourth-order valence-corrected chi connectivity index (χ4v) is 3.85. The maximum atomic E-state index is 11.7. The van der Waals surface area contributed by atoms with Gasteiger partial charge in [0.2, 0.25) is 0 Å². The van der Waals surface area contributed by atoms with Crippen LogP contribution in [0.2, 0.25) is 0 Å². The zero-order valence-corrected chi connectivity index (χ0v) is 14.1. The standard InChI is InChI=1S/C18H23N3O2/c1-5-21-15-7-6-12(9-14-16(22)20-17(23)19-14)8-13(15)11(2)10-18(21,3)4/h6-9,11H,5,10H2,1-4H3,(H2,19,20,22,23)/b14-9+. The van der Waals surface area contributed by atoms with Crippen LogP contribution < -0.4 is 15.5 Å². The molecule has 1 atom stereocenters. The van der Waals surface area contributed by atoms with Crippen molar-refractivity contribution in [2.24, 2.45) is 0 Å². The molecular formula is C18H23N3O2. The minimum atomic E-state index is -0.466. The number of nitrogens with zero attached hydrogens (tertiary/aromatic N) is 1. The molecule has 1 aromatic carbocycles. The molecule has 0 bridgehead atoms. The Balaban J connectivity index is 2.00. The highest BCUT2D eigenvalue weighted by Crippen LogP contribution is 2.43. The van der Waals surface area contributed by atoms with Crippen LogP contribution in [0.3, 0.4) is 0 Å². The fraction of sp³-hybridized carbons (Fsp3) is 0.444. The Kier molecular flexibility index (Phi) is 3.66. The molecule has 2 aliphatic rings. The van der Waals surface area contributed by atoms with Crippen molar-refractivity contribution in [3.8, 4) is 0 Å². The third-order valence-electron chi connectivity index (χ3n) is 4.76. The van der Waals surface area contributed by atoms with E-state index in [9.17, 15) is 9.59 Å². The van der Waals surface area contributed by atoms with Crippen LogP contribution in [-0.2, 0) is 4.79 Å². The van der Waals surface area contributed by atoms with Crippen molar-refractivity contribution in [2.75, 3.05) is 11.4 Å². The van der Waals surface area contributed by atoms with Crippen molar-refractivity contribution in [2.45, 2.75) is 45.6 Å². The van der Waals surface area contributed by atoms with Crippen molar-refractivity contribution >= 4 is 23.7 Å². The third kappa shape index (κ3) is 2.71. The van der Waals surface area contributed by atoms with Gasteiger partial charge in [-0.05, 0) is 62.4 Å². The molecule has 1 unspecified atom stereocenters. The molecule has 3 rings (SSSR count). The molecule has 23 heavy (non-hydrogen) atoms. The van der Waals surface area contributed by atoms with Crippen LogP contribution in [-0.4, -0.2) is 24.0 Å². The van der Waals surface area contributed by atoms with Crippen LogP contribution in [0.15, 0.2) is 23.9 Å². The van der Waals surface area contributed by atoms with Gasteiger partial charge < -0.3 is 10.2 Å². The lowest BCUT2D eigenvalue weighted by atomic mass is 9.79. The number of hydrogen-bond donors (Lipinski definition) is 2. The van der Waals surface area contributed by atoms with Crippen molar-refractivity contribution in [1.82, 2.24) is 10.6 Å². The fourth-order valence-electron chi connectivity index (χ4n) is 3.85. The van der Waals surface area contributed by atoms with Gasteiger partial charge in [0.05, 0.1) is 0 Å². The normalized spacial score (nSPS) is 24.4. The lowest BCUT2D eigenvalue weighted by Gasteiger charge is -2.47. The summed E-state index contributed by atoms with van der Waals surface area (Å²) in [5.41, 5.74) is 3.92. The second kappa shape index (κ2) is 5.41. The summed E-state index contributed by atoms with van der Waals surface area (Å²) < 4.78 is 0. The SMILES string of the molecule is CCN1c2ccc(/C=C3/NC(=O)NC3=O)cc2C(C)CC1(C)C. The number of carbonyl (C=O) groups excluding carboxylic acids is 2. The summed E-state index contributed by atoms with van der Waals surface area (Å²) in [7, 11) is 0. The quantitative estimate of drug-likeness (QED) is 0.652. The summed E-state index contributed by atoms with van der Waals surface area (Å²) in [6.45, 7) is 9.95. The van der Waals surface area contributed by atoms with Gasteiger partial charge in [-0.1, -0.05) is 13.0 Å². The summed E-state index contributed by atoms with van der Waals surface area (Å²) in [5, 5.41) is 4.75. The molecule has 2 N–H and O–H groups in total. The average Bonchev–Trinajstić information content (AvgIpc) is 2.77. The summed E-state index contributed by atoms with van der Waals surface area (Å²) >= 11 is 0. The zero-order chi connectivity index (χ0) is 16.8. The van der Waals surface area contributed by atoms with Gasteiger partial charge in [-0.3, -0.25) is 10.1 Å². The first-order valence-corrected chi connectivity index (χ1v) is 8.07. The Morgan fingerprint density at radius 1 is 1.30 bits per heavy atom. The van der Waals surface area contributed by atoms with Gasteiger partial charge in [0.25, 0.3) is 5.91 Å². The maximum Gasteiger partial charge on any atom is 0.326 e. The minimum absolute atomic E-state index is 0.139. The molecule has 5 heteroatoms. The summed E-state index contributed by atoms with van der Waals surface area (Å²) in [4.78, 5) is 25.3. The summed E-state index contributed by atoms with van der Waals surface area (Å²) in [6.07, 6.45) is 2.81. The highest BCUT2D eigenvalue weighted by atomic mass is 16.2. The van der Waals surface area contributed by atoms with Crippen LogP contribution >= 0.6 is 0 Å². The molecule has 2 heterocycles. The third-order valence-corrected chi connectivity index (χ3v) is 4.76. The molecule has 1 aromatic rings. The lowest BCUT2D eigenvalue weighted by Crippen LogP contribution is -2.48. The summed E-state index contributed by atoms with van der Waals surface area (Å²) in [6, 6.07) is 5.78. The van der Waals surface area contributed by atoms with E-state index in [4.69, 9.17) is 0 Å². The van der Waals surface area contributed by atoms with E-state index in [1.54, 1.807) is 6.08 Å². The number of benzene rings is 1. The van der Waals surface area contributed by atoms with E-state index in [0.717, 1.165) is 18.5 Å². The first-order valence-electron chi connectivity index (χ1n) is 8.07. The van der Waals surface area contributed by atoms with Gasteiger partial charge in [0.1, 0.15) is 5.70 Å². The number of rotatable bonds is 2. The number of hydrogen-bond acceptors (Lipinski definition) is 3. The number of anilines is 1. The number of urea groups is 1. The molecular weight excluding hydrogens is 290 g/mol. The Labute approximate surface area is 136 Å². The minimum Gasteiger partial charge on any atom is -0.366 e. The molecule has 122 valence electrons.